The maximum Gasteiger partial charge on any atom is 0.270 e. The topological polar surface area (TPSA) is 80.9 Å². The third-order valence-electron chi connectivity index (χ3n) is 3.45. The van der Waals surface area contributed by atoms with Crippen LogP contribution in [0.4, 0.5) is 5.13 Å². The van der Waals surface area contributed by atoms with Crippen LogP contribution in [0, 0.1) is 0 Å². The Morgan fingerprint density at radius 3 is 2.71 bits per heavy atom. The Kier molecular flexibility index (Phi) is 5.55. The maximum absolute atomic E-state index is 12.1. The van der Waals surface area contributed by atoms with Gasteiger partial charge in [-0.15, -0.1) is 22.7 Å². The molecule has 3 rings (SSSR count). The molecule has 3 aromatic rings. The van der Waals surface area contributed by atoms with Gasteiger partial charge in [0.2, 0.25) is 0 Å². The lowest BCUT2D eigenvalue weighted by Gasteiger charge is -2.02. The normalized spacial score (nSPS) is 10.7. The Morgan fingerprint density at radius 1 is 1.12 bits per heavy atom. The molecule has 0 saturated carbocycles. The number of rotatable bonds is 7. The molecule has 0 aliphatic rings. The summed E-state index contributed by atoms with van der Waals surface area (Å²) in [5, 5.41) is 8.20. The summed E-state index contributed by atoms with van der Waals surface area (Å²) in [4.78, 5) is 20.8. The van der Waals surface area contributed by atoms with E-state index in [1.807, 2.05) is 29.0 Å². The molecule has 1 aromatic carbocycles. The number of nitrogens with two attached hydrogens (primary N) is 1. The van der Waals surface area contributed by atoms with Crippen LogP contribution >= 0.6 is 22.7 Å². The number of amides is 1. The number of hydrogen-bond donors (Lipinski definition) is 2. The van der Waals surface area contributed by atoms with Gasteiger partial charge < -0.3 is 11.1 Å². The fourth-order valence-corrected chi connectivity index (χ4v) is 3.67. The second kappa shape index (κ2) is 8.03. The molecule has 7 heteroatoms. The molecule has 0 aliphatic carbocycles. The Balaban J connectivity index is 1.45. The number of nitrogens with one attached hydrogen (secondary N) is 1. The van der Waals surface area contributed by atoms with Gasteiger partial charge in [-0.25, -0.2) is 9.97 Å². The molecular weight excluding hydrogens is 340 g/mol. The second-order valence-electron chi connectivity index (χ2n) is 5.33. The zero-order chi connectivity index (χ0) is 16.8. The number of benzene rings is 1. The zero-order valence-corrected chi connectivity index (χ0v) is 14.7. The van der Waals surface area contributed by atoms with Crippen molar-refractivity contribution in [2.24, 2.45) is 0 Å². The van der Waals surface area contributed by atoms with Crippen molar-refractivity contribution < 1.29 is 4.79 Å². The van der Waals surface area contributed by atoms with Crippen LogP contribution in [0.5, 0.6) is 0 Å². The van der Waals surface area contributed by atoms with Gasteiger partial charge in [-0.1, -0.05) is 30.3 Å². The minimum absolute atomic E-state index is 0.122. The molecule has 0 spiro atoms. The number of aryl methyl sites for hydroxylation is 1. The summed E-state index contributed by atoms with van der Waals surface area (Å²) >= 11 is 2.96. The molecule has 124 valence electrons. The Hall–Kier alpha value is -2.25. The van der Waals surface area contributed by atoms with Crippen LogP contribution in [0.2, 0.25) is 0 Å². The minimum atomic E-state index is -0.122. The summed E-state index contributed by atoms with van der Waals surface area (Å²) in [5.74, 6) is -0.122. The lowest BCUT2D eigenvalue weighted by molar-refractivity contribution is 0.0948. The predicted molar refractivity (Wildman–Crippen MR) is 98.5 cm³/mol. The highest BCUT2D eigenvalue weighted by molar-refractivity contribution is 7.13. The molecule has 1 amide bonds. The number of nitrogen functional groups attached to an aromatic ring is 1. The first-order chi connectivity index (χ1) is 11.7. The molecule has 0 bridgehead atoms. The quantitative estimate of drug-likeness (QED) is 0.636. The van der Waals surface area contributed by atoms with Gasteiger partial charge in [0.25, 0.3) is 5.91 Å². The van der Waals surface area contributed by atoms with E-state index >= 15 is 0 Å². The summed E-state index contributed by atoms with van der Waals surface area (Å²) in [5.41, 5.74) is 8.26. The highest BCUT2D eigenvalue weighted by atomic mass is 32.1. The van der Waals surface area contributed by atoms with Crippen molar-refractivity contribution in [3.63, 3.8) is 0 Å². The molecule has 3 N–H and O–H groups in total. The number of carbonyl (C=O) groups excluding carboxylic acids is 1. The minimum Gasteiger partial charge on any atom is -0.375 e. The van der Waals surface area contributed by atoms with Gasteiger partial charge in [-0.05, 0) is 18.4 Å². The van der Waals surface area contributed by atoms with E-state index in [9.17, 15) is 4.79 Å². The highest BCUT2D eigenvalue weighted by Crippen LogP contribution is 2.15. The molecule has 0 saturated heterocycles. The summed E-state index contributed by atoms with van der Waals surface area (Å²) in [7, 11) is 0. The van der Waals surface area contributed by atoms with Gasteiger partial charge in [-0.3, -0.25) is 4.79 Å². The van der Waals surface area contributed by atoms with Crippen molar-refractivity contribution in [3.05, 3.63) is 63.1 Å². The number of nitrogens with zero attached hydrogens (tertiary/aromatic N) is 2. The van der Waals surface area contributed by atoms with Crippen LogP contribution in [0.3, 0.4) is 0 Å². The van der Waals surface area contributed by atoms with Gasteiger partial charge in [0.1, 0.15) is 5.69 Å². The van der Waals surface area contributed by atoms with Gasteiger partial charge >= 0.3 is 0 Å². The summed E-state index contributed by atoms with van der Waals surface area (Å²) in [6.45, 7) is 0.599. The van der Waals surface area contributed by atoms with Gasteiger partial charge in [0.05, 0.1) is 10.7 Å². The largest absolute Gasteiger partial charge is 0.375 e. The van der Waals surface area contributed by atoms with E-state index in [0.29, 0.717) is 17.4 Å². The van der Waals surface area contributed by atoms with Crippen LogP contribution in [0.25, 0.3) is 0 Å². The number of hydrogen-bond acceptors (Lipinski definition) is 6. The molecule has 0 unspecified atom stereocenters. The molecule has 2 aromatic heterocycles. The number of anilines is 1. The van der Waals surface area contributed by atoms with E-state index in [-0.39, 0.29) is 5.91 Å². The molecule has 24 heavy (non-hydrogen) atoms. The molecule has 5 nitrogen and oxygen atoms in total. The number of aromatic nitrogens is 2. The highest BCUT2D eigenvalue weighted by Gasteiger charge is 2.10. The molecule has 0 radical (unpaired) electrons. The van der Waals surface area contributed by atoms with E-state index in [1.165, 1.54) is 28.2 Å². The molecular formula is C17H18N4OS2. The van der Waals surface area contributed by atoms with E-state index in [4.69, 9.17) is 5.73 Å². The summed E-state index contributed by atoms with van der Waals surface area (Å²) < 4.78 is 0. The van der Waals surface area contributed by atoms with E-state index < -0.39 is 0 Å². The first kappa shape index (κ1) is 16.6. The third-order valence-corrected chi connectivity index (χ3v) is 5.02. The van der Waals surface area contributed by atoms with Crippen molar-refractivity contribution in [1.82, 2.24) is 15.3 Å². The summed E-state index contributed by atoms with van der Waals surface area (Å²) in [6.07, 6.45) is 2.39. The average Bonchev–Trinajstić information content (AvgIpc) is 3.21. The van der Waals surface area contributed by atoms with E-state index in [2.05, 4.69) is 27.4 Å². The molecule has 0 aliphatic heterocycles. The SMILES string of the molecule is Nc1nc(CCCNC(=O)c2csc(Cc3ccccc3)n2)cs1. The standard InChI is InChI=1S/C17H18N4OS2/c18-17-20-13(10-24-17)7-4-8-19-16(22)14-11-23-15(21-14)9-12-5-2-1-3-6-12/h1-3,5-6,10-11H,4,7-9H2,(H2,18,20)(H,19,22). The van der Waals surface area contributed by atoms with Gasteiger partial charge in [0.15, 0.2) is 5.13 Å². The lowest BCUT2D eigenvalue weighted by atomic mass is 10.2. The first-order valence-corrected chi connectivity index (χ1v) is 9.43. The van der Waals surface area contributed by atoms with Crippen molar-refractivity contribution in [2.75, 3.05) is 12.3 Å². The van der Waals surface area contributed by atoms with E-state index in [1.54, 1.807) is 0 Å². The number of thiazole rings is 2. The van der Waals surface area contributed by atoms with Crippen LogP contribution in [0.1, 0.15) is 33.2 Å². The third kappa shape index (κ3) is 4.62. The fourth-order valence-electron chi connectivity index (χ4n) is 2.27. The Labute approximate surface area is 148 Å². The van der Waals surface area contributed by atoms with Crippen LogP contribution < -0.4 is 11.1 Å². The number of carbonyl (C=O) groups is 1. The Bertz CT molecular complexity index is 798. The predicted octanol–water partition coefficient (Wildman–Crippen LogP) is 3.14. The van der Waals surface area contributed by atoms with Crippen LogP contribution in [-0.4, -0.2) is 22.4 Å². The summed E-state index contributed by atoms with van der Waals surface area (Å²) in [6, 6.07) is 10.1. The van der Waals surface area contributed by atoms with Crippen molar-refractivity contribution in [2.45, 2.75) is 19.3 Å². The molecule has 2 heterocycles. The van der Waals surface area contributed by atoms with Gasteiger partial charge in [0, 0.05) is 23.7 Å². The van der Waals surface area contributed by atoms with E-state index in [0.717, 1.165) is 30.0 Å². The smallest absolute Gasteiger partial charge is 0.270 e. The Morgan fingerprint density at radius 2 is 1.96 bits per heavy atom. The van der Waals surface area contributed by atoms with Crippen molar-refractivity contribution in [1.29, 1.82) is 0 Å². The lowest BCUT2D eigenvalue weighted by Crippen LogP contribution is -2.25. The average molecular weight is 358 g/mol. The maximum atomic E-state index is 12.1. The van der Waals surface area contributed by atoms with Crippen molar-refractivity contribution >= 4 is 33.7 Å². The van der Waals surface area contributed by atoms with Gasteiger partial charge in [-0.2, -0.15) is 0 Å². The monoisotopic (exact) mass is 358 g/mol. The van der Waals surface area contributed by atoms with Crippen LogP contribution in [-0.2, 0) is 12.8 Å². The van der Waals surface area contributed by atoms with Crippen LogP contribution in [0.15, 0.2) is 41.1 Å². The first-order valence-electron chi connectivity index (χ1n) is 7.67. The fraction of sp³-hybridized carbons (Fsp3) is 0.235. The molecule has 0 atom stereocenters. The molecule has 0 fully saturated rings. The second-order valence-corrected chi connectivity index (χ2v) is 7.16. The van der Waals surface area contributed by atoms with Crippen molar-refractivity contribution in [3.8, 4) is 0 Å². The zero-order valence-electron chi connectivity index (χ0n) is 13.1.